The first kappa shape index (κ1) is 12.5. The van der Waals surface area contributed by atoms with Crippen LogP contribution in [0.2, 0.25) is 0 Å². The van der Waals surface area contributed by atoms with Crippen LogP contribution in [0.1, 0.15) is 18.3 Å². The summed E-state index contributed by atoms with van der Waals surface area (Å²) in [4.78, 5) is 4.65. The van der Waals surface area contributed by atoms with Crippen LogP contribution in [0.25, 0.3) is 10.9 Å². The molecule has 2 aromatic heterocycles. The SMILES string of the molecule is CCNc1ccc(Cc2ccc3ccccc3n2)nn1. The minimum Gasteiger partial charge on any atom is -0.369 e. The fourth-order valence-electron chi connectivity index (χ4n) is 2.12. The maximum Gasteiger partial charge on any atom is 0.148 e. The molecule has 0 atom stereocenters. The normalized spacial score (nSPS) is 10.7. The van der Waals surface area contributed by atoms with Crippen LogP contribution in [0.15, 0.2) is 48.5 Å². The summed E-state index contributed by atoms with van der Waals surface area (Å²) in [6.45, 7) is 2.88. The van der Waals surface area contributed by atoms with Gasteiger partial charge in [-0.25, -0.2) is 0 Å². The van der Waals surface area contributed by atoms with Crippen molar-refractivity contribution >= 4 is 16.7 Å². The lowest BCUT2D eigenvalue weighted by molar-refractivity contribution is 0.918. The third kappa shape index (κ3) is 2.74. The van der Waals surface area contributed by atoms with Crippen molar-refractivity contribution in [2.24, 2.45) is 0 Å². The van der Waals surface area contributed by atoms with E-state index in [1.54, 1.807) is 0 Å². The number of rotatable bonds is 4. The minimum atomic E-state index is 0.699. The first-order chi connectivity index (χ1) is 9.85. The van der Waals surface area contributed by atoms with Crippen molar-refractivity contribution in [1.82, 2.24) is 15.2 Å². The molecule has 2 heterocycles. The van der Waals surface area contributed by atoms with Gasteiger partial charge in [-0.1, -0.05) is 24.3 Å². The van der Waals surface area contributed by atoms with Crippen molar-refractivity contribution in [2.45, 2.75) is 13.3 Å². The second-order valence-electron chi connectivity index (χ2n) is 4.61. The van der Waals surface area contributed by atoms with E-state index in [4.69, 9.17) is 0 Å². The van der Waals surface area contributed by atoms with Gasteiger partial charge in [0.2, 0.25) is 0 Å². The average Bonchev–Trinajstić information content (AvgIpc) is 2.49. The second-order valence-corrected chi connectivity index (χ2v) is 4.61. The Morgan fingerprint density at radius 1 is 0.900 bits per heavy atom. The first-order valence-electron chi connectivity index (χ1n) is 6.76. The van der Waals surface area contributed by atoms with Crippen molar-refractivity contribution in [3.8, 4) is 0 Å². The van der Waals surface area contributed by atoms with Crippen molar-refractivity contribution in [1.29, 1.82) is 0 Å². The maximum absolute atomic E-state index is 4.65. The van der Waals surface area contributed by atoms with E-state index >= 15 is 0 Å². The summed E-state index contributed by atoms with van der Waals surface area (Å²) in [6.07, 6.45) is 0.699. The van der Waals surface area contributed by atoms with Crippen molar-refractivity contribution in [3.63, 3.8) is 0 Å². The van der Waals surface area contributed by atoms with Crippen LogP contribution >= 0.6 is 0 Å². The summed E-state index contributed by atoms with van der Waals surface area (Å²) in [6, 6.07) is 16.2. The number of benzene rings is 1. The van der Waals surface area contributed by atoms with Gasteiger partial charge < -0.3 is 5.32 Å². The fourth-order valence-corrected chi connectivity index (χ4v) is 2.12. The van der Waals surface area contributed by atoms with Gasteiger partial charge in [-0.3, -0.25) is 4.98 Å². The number of fused-ring (bicyclic) bond motifs is 1. The van der Waals surface area contributed by atoms with E-state index in [1.165, 1.54) is 0 Å². The number of aromatic nitrogens is 3. The molecule has 0 saturated carbocycles. The molecule has 0 amide bonds. The summed E-state index contributed by atoms with van der Waals surface area (Å²) < 4.78 is 0. The Bertz CT molecular complexity index is 707. The molecule has 0 aliphatic carbocycles. The monoisotopic (exact) mass is 264 g/mol. The van der Waals surface area contributed by atoms with E-state index in [2.05, 4.69) is 32.6 Å². The van der Waals surface area contributed by atoms with Crippen LogP contribution in [0.5, 0.6) is 0 Å². The molecule has 4 heteroatoms. The highest BCUT2D eigenvalue weighted by molar-refractivity contribution is 5.78. The minimum absolute atomic E-state index is 0.699. The molecule has 20 heavy (non-hydrogen) atoms. The van der Waals surface area contributed by atoms with Crippen LogP contribution in [0.3, 0.4) is 0 Å². The number of para-hydroxylation sites is 1. The lowest BCUT2D eigenvalue weighted by Crippen LogP contribution is -2.02. The smallest absolute Gasteiger partial charge is 0.148 e. The summed E-state index contributed by atoms with van der Waals surface area (Å²) >= 11 is 0. The van der Waals surface area contributed by atoms with Gasteiger partial charge in [0, 0.05) is 24.0 Å². The average molecular weight is 264 g/mol. The Labute approximate surface area is 117 Å². The van der Waals surface area contributed by atoms with E-state index in [0.29, 0.717) is 6.42 Å². The highest BCUT2D eigenvalue weighted by atomic mass is 15.2. The van der Waals surface area contributed by atoms with Crippen LogP contribution in [0.4, 0.5) is 5.82 Å². The van der Waals surface area contributed by atoms with Crippen molar-refractivity contribution < 1.29 is 0 Å². The Balaban J connectivity index is 1.81. The number of anilines is 1. The predicted octanol–water partition coefficient (Wildman–Crippen LogP) is 3.05. The maximum atomic E-state index is 4.65. The largest absolute Gasteiger partial charge is 0.369 e. The first-order valence-corrected chi connectivity index (χ1v) is 6.76. The predicted molar refractivity (Wildman–Crippen MR) is 80.7 cm³/mol. The Kier molecular flexibility index (Phi) is 3.54. The fraction of sp³-hybridized carbons (Fsp3) is 0.188. The van der Waals surface area contributed by atoms with Crippen LogP contribution in [-0.4, -0.2) is 21.7 Å². The molecular weight excluding hydrogens is 248 g/mol. The van der Waals surface area contributed by atoms with Gasteiger partial charge in [0.05, 0.1) is 11.2 Å². The topological polar surface area (TPSA) is 50.7 Å². The summed E-state index contributed by atoms with van der Waals surface area (Å²) in [5.41, 5.74) is 2.95. The zero-order valence-corrected chi connectivity index (χ0v) is 11.4. The Morgan fingerprint density at radius 3 is 2.55 bits per heavy atom. The van der Waals surface area contributed by atoms with E-state index in [9.17, 15) is 0 Å². The van der Waals surface area contributed by atoms with Gasteiger partial charge in [0.15, 0.2) is 0 Å². The molecule has 0 fully saturated rings. The molecule has 0 radical (unpaired) electrons. The number of nitrogens with zero attached hydrogens (tertiary/aromatic N) is 3. The molecule has 0 bridgehead atoms. The molecule has 0 unspecified atom stereocenters. The van der Waals surface area contributed by atoms with Crippen LogP contribution in [0, 0.1) is 0 Å². The standard InChI is InChI=1S/C16H16N4/c1-2-17-16-10-9-14(19-20-16)11-13-8-7-12-5-3-4-6-15(12)18-13/h3-10H,2,11H2,1H3,(H,17,20). The lowest BCUT2D eigenvalue weighted by Gasteiger charge is -2.04. The number of hydrogen-bond donors (Lipinski definition) is 1. The van der Waals surface area contributed by atoms with Crippen molar-refractivity contribution in [3.05, 3.63) is 59.9 Å². The van der Waals surface area contributed by atoms with Crippen LogP contribution < -0.4 is 5.32 Å². The second kappa shape index (κ2) is 5.65. The van der Waals surface area contributed by atoms with E-state index in [1.807, 2.05) is 43.3 Å². The van der Waals surface area contributed by atoms with Gasteiger partial charge in [0.25, 0.3) is 0 Å². The molecule has 0 saturated heterocycles. The Morgan fingerprint density at radius 2 is 1.75 bits per heavy atom. The third-order valence-electron chi connectivity index (χ3n) is 3.10. The van der Waals surface area contributed by atoms with Gasteiger partial charge >= 0.3 is 0 Å². The van der Waals surface area contributed by atoms with Gasteiger partial charge in [-0.2, -0.15) is 5.10 Å². The quantitative estimate of drug-likeness (QED) is 0.787. The highest BCUT2D eigenvalue weighted by Crippen LogP contribution is 2.14. The van der Waals surface area contributed by atoms with Crippen molar-refractivity contribution in [2.75, 3.05) is 11.9 Å². The zero-order chi connectivity index (χ0) is 13.8. The van der Waals surface area contributed by atoms with E-state index in [0.717, 1.165) is 34.7 Å². The van der Waals surface area contributed by atoms with Gasteiger partial charge in [-0.15, -0.1) is 5.10 Å². The molecule has 0 aliphatic heterocycles. The van der Waals surface area contributed by atoms with E-state index < -0.39 is 0 Å². The number of hydrogen-bond acceptors (Lipinski definition) is 4. The molecular formula is C16H16N4. The molecule has 3 aromatic rings. The molecule has 0 aliphatic rings. The van der Waals surface area contributed by atoms with Crippen LogP contribution in [-0.2, 0) is 6.42 Å². The van der Waals surface area contributed by atoms with E-state index in [-0.39, 0.29) is 0 Å². The molecule has 3 rings (SSSR count). The molecule has 1 N–H and O–H groups in total. The summed E-state index contributed by atoms with van der Waals surface area (Å²) in [5, 5.41) is 12.6. The molecule has 0 spiro atoms. The molecule has 1 aromatic carbocycles. The van der Waals surface area contributed by atoms with Gasteiger partial charge in [-0.05, 0) is 31.2 Å². The number of nitrogens with one attached hydrogen (secondary N) is 1. The molecule has 100 valence electrons. The van der Waals surface area contributed by atoms with Gasteiger partial charge in [0.1, 0.15) is 5.82 Å². The lowest BCUT2D eigenvalue weighted by atomic mass is 10.1. The Hall–Kier alpha value is -2.49. The third-order valence-corrected chi connectivity index (χ3v) is 3.10. The number of pyridine rings is 1. The highest BCUT2D eigenvalue weighted by Gasteiger charge is 2.02. The summed E-state index contributed by atoms with van der Waals surface area (Å²) in [5.74, 6) is 0.808. The zero-order valence-electron chi connectivity index (χ0n) is 11.4. The molecule has 4 nitrogen and oxygen atoms in total. The summed E-state index contributed by atoms with van der Waals surface area (Å²) in [7, 11) is 0.